The summed E-state index contributed by atoms with van der Waals surface area (Å²) >= 11 is 0. The molecule has 10 nitrogen and oxygen atoms in total. The van der Waals surface area contributed by atoms with Crippen LogP contribution in [0.4, 0.5) is 11.8 Å². The van der Waals surface area contributed by atoms with Gasteiger partial charge < -0.3 is 20.9 Å². The SMILES string of the molecule is CCC(C(=N)c1ccc(Nc2ncc3cc(CO)c(=O)n(C4CCCC4)c3n2)nc1)C(=O)O. The number of carbonyl (C=O) groups is 1. The predicted molar refractivity (Wildman–Crippen MR) is 123 cm³/mol. The van der Waals surface area contributed by atoms with E-state index < -0.39 is 11.9 Å². The molecule has 1 fully saturated rings. The smallest absolute Gasteiger partial charge is 0.312 e. The molecule has 1 unspecified atom stereocenters. The van der Waals surface area contributed by atoms with Crippen LogP contribution < -0.4 is 10.9 Å². The Kier molecular flexibility index (Phi) is 6.45. The first-order chi connectivity index (χ1) is 15.9. The molecule has 0 spiro atoms. The van der Waals surface area contributed by atoms with Crippen molar-refractivity contribution in [3.05, 3.63) is 52.1 Å². The van der Waals surface area contributed by atoms with E-state index in [0.717, 1.165) is 25.7 Å². The number of aromatic nitrogens is 4. The monoisotopic (exact) mass is 450 g/mol. The summed E-state index contributed by atoms with van der Waals surface area (Å²) in [5.74, 6) is -1.23. The number of aliphatic hydroxyl groups is 1. The van der Waals surface area contributed by atoms with Crippen LogP contribution in [-0.4, -0.2) is 41.4 Å². The molecule has 0 amide bonds. The van der Waals surface area contributed by atoms with Crippen molar-refractivity contribution in [3.63, 3.8) is 0 Å². The molecule has 0 radical (unpaired) electrons. The summed E-state index contributed by atoms with van der Waals surface area (Å²) < 4.78 is 1.68. The van der Waals surface area contributed by atoms with Crippen LogP contribution >= 0.6 is 0 Å². The van der Waals surface area contributed by atoms with Crippen LogP contribution in [0.2, 0.25) is 0 Å². The van der Waals surface area contributed by atoms with Crippen molar-refractivity contribution in [2.24, 2.45) is 5.92 Å². The van der Waals surface area contributed by atoms with Crippen molar-refractivity contribution in [2.45, 2.75) is 51.7 Å². The first-order valence-electron chi connectivity index (χ1n) is 11.0. The highest BCUT2D eigenvalue weighted by Crippen LogP contribution is 2.31. The van der Waals surface area contributed by atoms with E-state index >= 15 is 0 Å². The maximum atomic E-state index is 12.9. The van der Waals surface area contributed by atoms with Gasteiger partial charge in [-0.2, -0.15) is 4.98 Å². The van der Waals surface area contributed by atoms with Crippen molar-refractivity contribution in [1.29, 1.82) is 5.41 Å². The van der Waals surface area contributed by atoms with Crippen molar-refractivity contribution in [2.75, 3.05) is 5.32 Å². The zero-order chi connectivity index (χ0) is 23.5. The highest BCUT2D eigenvalue weighted by molar-refractivity contribution is 6.09. The first kappa shape index (κ1) is 22.5. The van der Waals surface area contributed by atoms with Crippen LogP contribution in [0.25, 0.3) is 11.0 Å². The zero-order valence-electron chi connectivity index (χ0n) is 18.3. The molecule has 1 saturated carbocycles. The van der Waals surface area contributed by atoms with Gasteiger partial charge in [0.25, 0.3) is 5.56 Å². The van der Waals surface area contributed by atoms with Gasteiger partial charge in [-0.15, -0.1) is 0 Å². The molecule has 172 valence electrons. The lowest BCUT2D eigenvalue weighted by Gasteiger charge is -2.18. The number of aliphatic carboxylic acids is 1. The van der Waals surface area contributed by atoms with E-state index in [2.05, 4.69) is 20.3 Å². The van der Waals surface area contributed by atoms with Gasteiger partial charge in [0, 0.05) is 34.9 Å². The molecule has 33 heavy (non-hydrogen) atoms. The van der Waals surface area contributed by atoms with Crippen molar-refractivity contribution >= 4 is 34.5 Å². The summed E-state index contributed by atoms with van der Waals surface area (Å²) in [7, 11) is 0. The molecule has 3 heterocycles. The number of hydrogen-bond acceptors (Lipinski definition) is 8. The fourth-order valence-electron chi connectivity index (χ4n) is 4.30. The topological polar surface area (TPSA) is 154 Å². The van der Waals surface area contributed by atoms with Gasteiger partial charge >= 0.3 is 5.97 Å². The molecule has 3 aromatic heterocycles. The van der Waals surface area contributed by atoms with Gasteiger partial charge in [-0.05, 0) is 37.5 Å². The number of pyridine rings is 2. The number of carboxylic acids is 1. The third kappa shape index (κ3) is 4.47. The molecule has 1 atom stereocenters. The van der Waals surface area contributed by atoms with Crippen LogP contribution in [0.1, 0.15) is 56.2 Å². The minimum atomic E-state index is -1.04. The van der Waals surface area contributed by atoms with E-state index in [1.165, 1.54) is 6.20 Å². The van der Waals surface area contributed by atoms with Crippen LogP contribution in [0.3, 0.4) is 0 Å². The highest BCUT2D eigenvalue weighted by atomic mass is 16.4. The predicted octanol–water partition coefficient (Wildman–Crippen LogP) is 3.02. The largest absolute Gasteiger partial charge is 0.481 e. The summed E-state index contributed by atoms with van der Waals surface area (Å²) in [5.41, 5.74) is 1.04. The van der Waals surface area contributed by atoms with Crippen molar-refractivity contribution in [1.82, 2.24) is 19.5 Å². The van der Waals surface area contributed by atoms with Crippen LogP contribution in [0.5, 0.6) is 0 Å². The second-order valence-electron chi connectivity index (χ2n) is 8.18. The van der Waals surface area contributed by atoms with Gasteiger partial charge in [-0.25, -0.2) is 9.97 Å². The Morgan fingerprint density at radius 3 is 2.64 bits per heavy atom. The lowest BCUT2D eigenvalue weighted by atomic mass is 9.95. The van der Waals surface area contributed by atoms with Gasteiger partial charge in [0.2, 0.25) is 5.95 Å². The first-order valence-corrected chi connectivity index (χ1v) is 11.0. The van der Waals surface area contributed by atoms with E-state index in [0.29, 0.717) is 34.4 Å². The van der Waals surface area contributed by atoms with E-state index in [-0.39, 0.29) is 29.9 Å². The van der Waals surface area contributed by atoms with Gasteiger partial charge in [-0.1, -0.05) is 19.8 Å². The lowest BCUT2D eigenvalue weighted by molar-refractivity contribution is -0.139. The van der Waals surface area contributed by atoms with Crippen LogP contribution in [0.15, 0.2) is 35.4 Å². The molecule has 10 heteroatoms. The Balaban J connectivity index is 1.64. The normalized spacial score (nSPS) is 15.0. The van der Waals surface area contributed by atoms with Crippen molar-refractivity contribution < 1.29 is 15.0 Å². The standard InChI is InChI=1S/C23H26N6O4/c1-2-17(22(32)33)19(24)13-7-8-18(25-10-13)27-23-26-11-14-9-15(12-30)21(31)29(20(14)28-23)16-5-3-4-6-16/h7-11,16-17,24,30H,2-6,12H2,1H3,(H,32,33)(H,25,26,27,28). The number of rotatable bonds is 8. The fraction of sp³-hybridized carbons (Fsp3) is 0.391. The minimum Gasteiger partial charge on any atom is -0.481 e. The zero-order valence-corrected chi connectivity index (χ0v) is 18.3. The molecule has 4 N–H and O–H groups in total. The van der Waals surface area contributed by atoms with E-state index in [9.17, 15) is 19.8 Å². The van der Waals surface area contributed by atoms with E-state index in [1.54, 1.807) is 35.9 Å². The Labute approximate surface area is 189 Å². The summed E-state index contributed by atoms with van der Waals surface area (Å²) in [5, 5.41) is 30.7. The number of aliphatic hydroxyl groups excluding tert-OH is 1. The maximum absolute atomic E-state index is 12.9. The quantitative estimate of drug-likeness (QED) is 0.382. The van der Waals surface area contributed by atoms with Gasteiger partial charge in [-0.3, -0.25) is 14.2 Å². The average molecular weight is 450 g/mol. The number of fused-ring (bicyclic) bond motifs is 1. The molecule has 0 saturated heterocycles. The lowest BCUT2D eigenvalue weighted by Crippen LogP contribution is -2.27. The Morgan fingerprint density at radius 1 is 1.27 bits per heavy atom. The molecular formula is C23H26N6O4. The highest BCUT2D eigenvalue weighted by Gasteiger charge is 2.23. The summed E-state index contributed by atoms with van der Waals surface area (Å²) in [4.78, 5) is 37.4. The number of nitrogens with zero attached hydrogens (tertiary/aromatic N) is 4. The molecule has 4 rings (SSSR count). The van der Waals surface area contributed by atoms with Crippen molar-refractivity contribution in [3.8, 4) is 0 Å². The second kappa shape index (κ2) is 9.45. The Bertz CT molecular complexity index is 1250. The van der Waals surface area contributed by atoms with E-state index in [4.69, 9.17) is 5.41 Å². The molecule has 0 bridgehead atoms. The minimum absolute atomic E-state index is 0.00581. The molecule has 0 aliphatic heterocycles. The van der Waals surface area contributed by atoms with Gasteiger partial charge in [0.15, 0.2) is 0 Å². The van der Waals surface area contributed by atoms with Crippen LogP contribution in [-0.2, 0) is 11.4 Å². The Morgan fingerprint density at radius 2 is 2.03 bits per heavy atom. The molecule has 3 aromatic rings. The van der Waals surface area contributed by atoms with Gasteiger partial charge in [0.05, 0.1) is 18.2 Å². The summed E-state index contributed by atoms with van der Waals surface area (Å²) in [6, 6.07) is 4.92. The molecular weight excluding hydrogens is 424 g/mol. The fourth-order valence-corrected chi connectivity index (χ4v) is 4.30. The number of carboxylic acid groups (broad SMARTS) is 1. The summed E-state index contributed by atoms with van der Waals surface area (Å²) in [6.45, 7) is 1.38. The molecule has 0 aromatic carbocycles. The maximum Gasteiger partial charge on any atom is 0.312 e. The molecule has 1 aliphatic carbocycles. The third-order valence-electron chi connectivity index (χ3n) is 6.08. The number of nitrogens with one attached hydrogen (secondary N) is 2. The summed E-state index contributed by atoms with van der Waals surface area (Å²) in [6.07, 6.45) is 7.24. The third-order valence-corrected chi connectivity index (χ3v) is 6.08. The number of hydrogen-bond donors (Lipinski definition) is 4. The average Bonchev–Trinajstić information content (AvgIpc) is 3.33. The van der Waals surface area contributed by atoms with Crippen LogP contribution in [0, 0.1) is 11.3 Å². The molecule has 1 aliphatic rings. The Hall–Kier alpha value is -3.66. The second-order valence-corrected chi connectivity index (χ2v) is 8.18. The van der Waals surface area contributed by atoms with Gasteiger partial charge in [0.1, 0.15) is 11.5 Å². The van der Waals surface area contributed by atoms with E-state index in [1.807, 2.05) is 0 Å². The number of anilines is 2.